The second-order valence-electron chi connectivity index (χ2n) is 6.07. The van der Waals surface area contributed by atoms with Gasteiger partial charge in [-0.05, 0) is 27.8 Å². The highest BCUT2D eigenvalue weighted by molar-refractivity contribution is 5.80. The molecule has 23 heavy (non-hydrogen) atoms. The predicted molar refractivity (Wildman–Crippen MR) is 89.1 cm³/mol. The Morgan fingerprint density at radius 1 is 1.22 bits per heavy atom. The third kappa shape index (κ3) is 3.04. The lowest BCUT2D eigenvalue weighted by Gasteiger charge is -2.14. The molecular weight excluding hydrogens is 286 g/mol. The van der Waals surface area contributed by atoms with E-state index in [1.54, 1.807) is 23.9 Å². The zero-order valence-corrected chi connectivity index (χ0v) is 13.4. The predicted octanol–water partition coefficient (Wildman–Crippen LogP) is 2.78. The zero-order chi connectivity index (χ0) is 16.4. The van der Waals surface area contributed by atoms with Gasteiger partial charge in [-0.1, -0.05) is 42.5 Å². The first-order valence-corrected chi connectivity index (χ1v) is 7.63. The summed E-state index contributed by atoms with van der Waals surface area (Å²) in [6, 6.07) is 14.3. The first-order chi connectivity index (χ1) is 11.1. The molecule has 0 radical (unpaired) electrons. The minimum atomic E-state index is 0.0825. The average molecular weight is 305 g/mol. The van der Waals surface area contributed by atoms with E-state index in [2.05, 4.69) is 30.5 Å². The molecular formula is C19H19N3O. The van der Waals surface area contributed by atoms with Crippen LogP contribution in [-0.4, -0.2) is 29.8 Å². The number of hydrogen-bond acceptors (Lipinski definition) is 3. The molecule has 1 heterocycles. The van der Waals surface area contributed by atoms with Crippen molar-refractivity contribution in [1.82, 2.24) is 9.80 Å². The van der Waals surface area contributed by atoms with E-state index < -0.39 is 0 Å². The SMILES string of the molecule is CN(C)C(=O)Cc1cc2c(c(-c3ccccc3)c1)CN(C#N)C2. The first-order valence-electron chi connectivity index (χ1n) is 7.63. The number of likely N-dealkylation sites (N-methyl/N-ethyl adjacent to an activating group) is 1. The van der Waals surface area contributed by atoms with E-state index in [1.165, 1.54) is 5.56 Å². The number of nitrogens with zero attached hydrogens (tertiary/aromatic N) is 3. The maximum atomic E-state index is 12.0. The summed E-state index contributed by atoms with van der Waals surface area (Å²) in [5.74, 6) is 0.0825. The second-order valence-corrected chi connectivity index (χ2v) is 6.07. The highest BCUT2D eigenvalue weighted by Gasteiger charge is 2.23. The molecule has 0 bridgehead atoms. The van der Waals surface area contributed by atoms with Gasteiger partial charge in [0.25, 0.3) is 0 Å². The number of carbonyl (C=O) groups excluding carboxylic acids is 1. The smallest absolute Gasteiger partial charge is 0.226 e. The van der Waals surface area contributed by atoms with Gasteiger partial charge in [0.1, 0.15) is 0 Å². The normalized spacial score (nSPS) is 12.7. The zero-order valence-electron chi connectivity index (χ0n) is 13.4. The van der Waals surface area contributed by atoms with Crippen LogP contribution >= 0.6 is 0 Å². The molecule has 0 atom stereocenters. The minimum absolute atomic E-state index is 0.0825. The third-order valence-electron chi connectivity index (χ3n) is 4.19. The van der Waals surface area contributed by atoms with Crippen molar-refractivity contribution in [3.05, 3.63) is 59.2 Å². The van der Waals surface area contributed by atoms with Crippen molar-refractivity contribution < 1.29 is 4.79 Å². The number of rotatable bonds is 3. The molecule has 0 saturated heterocycles. The summed E-state index contributed by atoms with van der Waals surface area (Å²) in [6.07, 6.45) is 2.61. The molecule has 0 spiro atoms. The molecule has 0 aromatic heterocycles. The van der Waals surface area contributed by atoms with Gasteiger partial charge in [0.05, 0.1) is 19.5 Å². The van der Waals surface area contributed by atoms with Crippen LogP contribution in [0.15, 0.2) is 42.5 Å². The Morgan fingerprint density at radius 2 is 1.96 bits per heavy atom. The molecule has 2 aromatic rings. The van der Waals surface area contributed by atoms with Crippen molar-refractivity contribution >= 4 is 5.91 Å². The molecule has 2 aromatic carbocycles. The number of hydrogen-bond donors (Lipinski definition) is 0. The van der Waals surface area contributed by atoms with Crippen LogP contribution in [0.5, 0.6) is 0 Å². The molecule has 0 fully saturated rings. The number of fused-ring (bicyclic) bond motifs is 1. The number of carbonyl (C=O) groups is 1. The Hall–Kier alpha value is -2.80. The summed E-state index contributed by atoms with van der Waals surface area (Å²) < 4.78 is 0. The van der Waals surface area contributed by atoms with Crippen molar-refractivity contribution in [2.45, 2.75) is 19.5 Å². The molecule has 1 amide bonds. The van der Waals surface area contributed by atoms with Crippen LogP contribution in [0, 0.1) is 11.5 Å². The van der Waals surface area contributed by atoms with Gasteiger partial charge in [-0.2, -0.15) is 5.26 Å². The summed E-state index contributed by atoms with van der Waals surface area (Å²) in [5.41, 5.74) is 5.60. The fourth-order valence-electron chi connectivity index (χ4n) is 2.96. The molecule has 4 nitrogen and oxygen atoms in total. The van der Waals surface area contributed by atoms with Crippen LogP contribution in [0.2, 0.25) is 0 Å². The van der Waals surface area contributed by atoms with Gasteiger partial charge in [0, 0.05) is 14.1 Å². The van der Waals surface area contributed by atoms with E-state index in [0.717, 1.165) is 22.3 Å². The van der Waals surface area contributed by atoms with E-state index >= 15 is 0 Å². The lowest BCUT2D eigenvalue weighted by Crippen LogP contribution is -2.23. The Balaban J connectivity index is 2.06. The molecule has 3 rings (SSSR count). The van der Waals surface area contributed by atoms with Crippen LogP contribution in [-0.2, 0) is 24.3 Å². The molecule has 0 N–H and O–H groups in total. The molecule has 4 heteroatoms. The minimum Gasteiger partial charge on any atom is -0.349 e. The van der Waals surface area contributed by atoms with Gasteiger partial charge in [-0.25, -0.2) is 0 Å². The van der Waals surface area contributed by atoms with Crippen molar-refractivity contribution in [1.29, 1.82) is 5.26 Å². The van der Waals surface area contributed by atoms with Crippen molar-refractivity contribution in [2.24, 2.45) is 0 Å². The quantitative estimate of drug-likeness (QED) is 0.819. The van der Waals surface area contributed by atoms with Crippen LogP contribution in [0.1, 0.15) is 16.7 Å². The van der Waals surface area contributed by atoms with Gasteiger partial charge in [-0.3, -0.25) is 4.79 Å². The van der Waals surface area contributed by atoms with E-state index in [1.807, 2.05) is 18.2 Å². The van der Waals surface area contributed by atoms with Gasteiger partial charge in [0.15, 0.2) is 6.19 Å². The molecule has 1 aliphatic rings. The lowest BCUT2D eigenvalue weighted by atomic mass is 9.93. The van der Waals surface area contributed by atoms with E-state index in [4.69, 9.17) is 0 Å². The van der Waals surface area contributed by atoms with Crippen molar-refractivity contribution in [3.63, 3.8) is 0 Å². The maximum absolute atomic E-state index is 12.0. The maximum Gasteiger partial charge on any atom is 0.226 e. The molecule has 0 saturated carbocycles. The molecule has 116 valence electrons. The largest absolute Gasteiger partial charge is 0.349 e. The fourth-order valence-corrected chi connectivity index (χ4v) is 2.96. The van der Waals surface area contributed by atoms with E-state index in [0.29, 0.717) is 19.5 Å². The van der Waals surface area contributed by atoms with Crippen molar-refractivity contribution in [2.75, 3.05) is 14.1 Å². The van der Waals surface area contributed by atoms with E-state index in [9.17, 15) is 10.1 Å². The van der Waals surface area contributed by atoms with E-state index in [-0.39, 0.29) is 5.91 Å². The lowest BCUT2D eigenvalue weighted by molar-refractivity contribution is -0.127. The Bertz CT molecular complexity index is 775. The Kier molecular flexibility index (Phi) is 4.03. The van der Waals surface area contributed by atoms with Crippen LogP contribution < -0.4 is 0 Å². The second kappa shape index (κ2) is 6.13. The molecule has 0 aliphatic carbocycles. The Labute approximate surface area is 136 Å². The fraction of sp³-hybridized carbons (Fsp3) is 0.263. The summed E-state index contributed by atoms with van der Waals surface area (Å²) in [6.45, 7) is 1.26. The van der Waals surface area contributed by atoms with Gasteiger partial charge in [-0.15, -0.1) is 0 Å². The van der Waals surface area contributed by atoms with Crippen molar-refractivity contribution in [3.8, 4) is 17.3 Å². The monoisotopic (exact) mass is 305 g/mol. The Morgan fingerprint density at radius 3 is 2.61 bits per heavy atom. The average Bonchev–Trinajstić information content (AvgIpc) is 2.98. The summed E-state index contributed by atoms with van der Waals surface area (Å²) in [4.78, 5) is 15.4. The summed E-state index contributed by atoms with van der Waals surface area (Å²) in [7, 11) is 3.54. The standard InChI is InChI=1S/C19H19N3O/c1-21(2)19(23)10-14-8-16-11-22(13-20)12-18(16)17(9-14)15-6-4-3-5-7-15/h3-9H,10-12H2,1-2H3. The van der Waals surface area contributed by atoms with Crippen LogP contribution in [0.3, 0.4) is 0 Å². The summed E-state index contributed by atoms with van der Waals surface area (Å²) in [5, 5.41) is 9.20. The van der Waals surface area contributed by atoms with Gasteiger partial charge >= 0.3 is 0 Å². The topological polar surface area (TPSA) is 47.3 Å². The number of nitriles is 1. The van der Waals surface area contributed by atoms with Crippen LogP contribution in [0.4, 0.5) is 0 Å². The first kappa shape index (κ1) is 15.1. The van der Waals surface area contributed by atoms with Gasteiger partial charge < -0.3 is 9.80 Å². The molecule has 1 aliphatic heterocycles. The number of benzene rings is 2. The summed E-state index contributed by atoms with van der Waals surface area (Å²) >= 11 is 0. The number of amides is 1. The highest BCUT2D eigenvalue weighted by Crippen LogP contribution is 2.34. The molecule has 0 unspecified atom stereocenters. The highest BCUT2D eigenvalue weighted by atomic mass is 16.2. The van der Waals surface area contributed by atoms with Gasteiger partial charge in [0.2, 0.25) is 5.91 Å². The third-order valence-corrected chi connectivity index (χ3v) is 4.19. The van der Waals surface area contributed by atoms with Crippen LogP contribution in [0.25, 0.3) is 11.1 Å².